The monoisotopic (exact) mass is 282 g/mol. The zero-order chi connectivity index (χ0) is 13.7. The van der Waals surface area contributed by atoms with Crippen molar-refractivity contribution < 1.29 is 0 Å². The van der Waals surface area contributed by atoms with E-state index in [4.69, 9.17) is 0 Å². The Bertz CT molecular complexity index is 300. The first kappa shape index (κ1) is 15.4. The summed E-state index contributed by atoms with van der Waals surface area (Å²) in [5.41, 5.74) is 2.02. The molecular weight excluding hydrogens is 252 g/mol. The van der Waals surface area contributed by atoms with E-state index in [1.54, 1.807) is 5.57 Å². The highest BCUT2D eigenvalue weighted by Crippen LogP contribution is 2.30. The third-order valence-corrected chi connectivity index (χ3v) is 5.66. The lowest BCUT2D eigenvalue weighted by atomic mass is 9.83. The van der Waals surface area contributed by atoms with Gasteiger partial charge in [-0.3, -0.25) is 4.90 Å². The molecule has 2 aliphatic rings. The van der Waals surface area contributed by atoms with Crippen LogP contribution in [0.4, 0.5) is 0 Å². The molecule has 0 bridgehead atoms. The molecule has 0 amide bonds. The fourth-order valence-electron chi connectivity index (χ4n) is 2.91. The van der Waals surface area contributed by atoms with Crippen LogP contribution in [0.25, 0.3) is 0 Å². The smallest absolute Gasteiger partial charge is 0.0166 e. The molecule has 19 heavy (non-hydrogen) atoms. The summed E-state index contributed by atoms with van der Waals surface area (Å²) in [4.78, 5) is 2.61. The van der Waals surface area contributed by atoms with Gasteiger partial charge in [-0.25, -0.2) is 0 Å². The summed E-state index contributed by atoms with van der Waals surface area (Å²) in [6.45, 7) is 13.1. The molecule has 1 fully saturated rings. The number of piperidine rings is 1. The molecule has 0 aromatic heterocycles. The lowest BCUT2D eigenvalue weighted by Crippen LogP contribution is -2.34. The minimum absolute atomic E-state index is 0.371. The van der Waals surface area contributed by atoms with Gasteiger partial charge in [0, 0.05) is 30.6 Å². The molecule has 1 N–H and O–H groups in total. The van der Waals surface area contributed by atoms with Crippen LogP contribution in [0, 0.1) is 5.41 Å². The maximum absolute atomic E-state index is 3.44. The molecule has 2 rings (SSSR count). The molecule has 0 unspecified atom stereocenters. The second-order valence-electron chi connectivity index (χ2n) is 6.85. The van der Waals surface area contributed by atoms with Crippen LogP contribution in [0.15, 0.2) is 11.6 Å². The zero-order valence-corrected chi connectivity index (χ0v) is 13.7. The van der Waals surface area contributed by atoms with Crippen LogP contribution in [0.5, 0.6) is 0 Å². The van der Waals surface area contributed by atoms with Gasteiger partial charge in [0.25, 0.3) is 0 Å². The van der Waals surface area contributed by atoms with E-state index in [-0.39, 0.29) is 0 Å². The molecule has 2 aliphatic heterocycles. The van der Waals surface area contributed by atoms with Gasteiger partial charge >= 0.3 is 0 Å². The Balaban J connectivity index is 1.64. The maximum Gasteiger partial charge on any atom is 0.0166 e. The van der Waals surface area contributed by atoms with Gasteiger partial charge in [-0.1, -0.05) is 32.4 Å². The van der Waals surface area contributed by atoms with E-state index in [0.29, 0.717) is 5.41 Å². The lowest BCUT2D eigenvalue weighted by molar-refractivity contribution is 0.294. The van der Waals surface area contributed by atoms with Crippen LogP contribution in [0.1, 0.15) is 40.0 Å². The molecule has 0 radical (unpaired) electrons. The van der Waals surface area contributed by atoms with Gasteiger partial charge in [0.05, 0.1) is 0 Å². The molecule has 3 heteroatoms. The maximum atomic E-state index is 3.44. The highest BCUT2D eigenvalue weighted by Gasteiger charge is 2.21. The van der Waals surface area contributed by atoms with Crippen molar-refractivity contribution >= 4 is 11.8 Å². The molecule has 0 spiro atoms. The van der Waals surface area contributed by atoms with Crippen LogP contribution in [0.2, 0.25) is 0 Å². The van der Waals surface area contributed by atoms with E-state index in [1.807, 2.05) is 0 Å². The fraction of sp³-hybridized carbons (Fsp3) is 0.875. The average Bonchev–Trinajstić information content (AvgIpc) is 2.39. The second kappa shape index (κ2) is 7.14. The highest BCUT2D eigenvalue weighted by atomic mass is 32.2. The summed E-state index contributed by atoms with van der Waals surface area (Å²) in [7, 11) is 0. The van der Waals surface area contributed by atoms with E-state index >= 15 is 0 Å². The number of hydrogen-bond donors (Lipinski definition) is 1. The first-order valence-corrected chi connectivity index (χ1v) is 8.85. The van der Waals surface area contributed by atoms with Gasteiger partial charge in [-0.2, -0.15) is 11.8 Å². The predicted octanol–water partition coefficient (Wildman–Crippen LogP) is 3.15. The van der Waals surface area contributed by atoms with Crippen molar-refractivity contribution in [2.45, 2.75) is 45.3 Å². The Morgan fingerprint density at radius 1 is 1.32 bits per heavy atom. The zero-order valence-electron chi connectivity index (χ0n) is 12.9. The number of rotatable bonds is 4. The van der Waals surface area contributed by atoms with E-state index < -0.39 is 0 Å². The van der Waals surface area contributed by atoms with Gasteiger partial charge in [0.15, 0.2) is 0 Å². The number of hydrogen-bond acceptors (Lipinski definition) is 3. The summed E-state index contributed by atoms with van der Waals surface area (Å²) < 4.78 is 0. The highest BCUT2D eigenvalue weighted by molar-refractivity contribution is 7.99. The molecule has 0 aromatic rings. The summed E-state index contributed by atoms with van der Waals surface area (Å²) in [5.74, 6) is 1.31. The van der Waals surface area contributed by atoms with Crippen molar-refractivity contribution in [2.75, 3.05) is 38.5 Å². The van der Waals surface area contributed by atoms with Crippen molar-refractivity contribution in [2.24, 2.45) is 5.41 Å². The number of thioether (sulfide) groups is 1. The molecular formula is C16H30N2S. The molecule has 0 atom stereocenters. The molecule has 1 saturated heterocycles. The average molecular weight is 282 g/mol. The van der Waals surface area contributed by atoms with Gasteiger partial charge in [0.1, 0.15) is 0 Å². The Kier molecular flexibility index (Phi) is 5.79. The first-order chi connectivity index (χ1) is 9.05. The Morgan fingerprint density at radius 2 is 2.05 bits per heavy atom. The summed E-state index contributed by atoms with van der Waals surface area (Å²) in [6, 6.07) is 0. The van der Waals surface area contributed by atoms with Crippen LogP contribution < -0.4 is 5.32 Å². The fourth-order valence-corrected chi connectivity index (χ4v) is 4.17. The van der Waals surface area contributed by atoms with E-state index in [1.165, 1.54) is 57.7 Å². The third-order valence-electron chi connectivity index (χ3n) is 4.30. The quantitative estimate of drug-likeness (QED) is 0.798. The minimum Gasteiger partial charge on any atom is -0.317 e. The molecule has 110 valence electrons. The van der Waals surface area contributed by atoms with E-state index in [9.17, 15) is 0 Å². The summed E-state index contributed by atoms with van der Waals surface area (Å²) in [5, 5.41) is 4.35. The first-order valence-electron chi connectivity index (χ1n) is 7.80. The summed E-state index contributed by atoms with van der Waals surface area (Å²) >= 11 is 2.20. The second-order valence-corrected chi connectivity index (χ2v) is 8.26. The van der Waals surface area contributed by atoms with E-state index in [2.05, 4.69) is 48.8 Å². The van der Waals surface area contributed by atoms with Crippen molar-refractivity contribution in [3.05, 3.63) is 11.6 Å². The van der Waals surface area contributed by atoms with Crippen LogP contribution in [0.3, 0.4) is 0 Å². The molecule has 0 saturated carbocycles. The van der Waals surface area contributed by atoms with Crippen molar-refractivity contribution in [1.29, 1.82) is 0 Å². The molecule has 0 aromatic carbocycles. The van der Waals surface area contributed by atoms with E-state index in [0.717, 1.165) is 5.25 Å². The van der Waals surface area contributed by atoms with Gasteiger partial charge in [-0.05, 0) is 37.8 Å². The number of nitrogens with zero attached hydrogens (tertiary/aromatic N) is 1. The van der Waals surface area contributed by atoms with Crippen LogP contribution in [-0.2, 0) is 0 Å². The normalized spacial score (nSPS) is 23.4. The summed E-state index contributed by atoms with van der Waals surface area (Å²) in [6.07, 6.45) is 6.46. The Labute approximate surface area is 123 Å². The largest absolute Gasteiger partial charge is 0.317 e. The van der Waals surface area contributed by atoms with Crippen LogP contribution >= 0.6 is 11.8 Å². The standard InChI is InChI=1S/C16H30N2S/c1-16(2,3)14-6-10-18(11-7-14)12-13-19-15-4-8-17-9-5-15/h6,15,17H,4-5,7-13H2,1-3H3. The van der Waals surface area contributed by atoms with Gasteiger partial charge < -0.3 is 5.32 Å². The molecule has 0 aliphatic carbocycles. The Hall–Kier alpha value is 0.01000. The van der Waals surface area contributed by atoms with Crippen molar-refractivity contribution in [3.63, 3.8) is 0 Å². The van der Waals surface area contributed by atoms with Crippen LogP contribution in [-0.4, -0.2) is 48.6 Å². The van der Waals surface area contributed by atoms with Gasteiger partial charge in [-0.15, -0.1) is 0 Å². The predicted molar refractivity (Wildman–Crippen MR) is 86.9 cm³/mol. The Morgan fingerprint density at radius 3 is 2.63 bits per heavy atom. The van der Waals surface area contributed by atoms with Crippen molar-refractivity contribution in [1.82, 2.24) is 10.2 Å². The third kappa shape index (κ3) is 5.13. The minimum atomic E-state index is 0.371. The lowest BCUT2D eigenvalue weighted by Gasteiger charge is -2.32. The molecule has 2 nitrogen and oxygen atoms in total. The molecule has 2 heterocycles. The van der Waals surface area contributed by atoms with Crippen molar-refractivity contribution in [3.8, 4) is 0 Å². The SMILES string of the molecule is CC(C)(C)C1=CCN(CCSC2CCNCC2)CC1. The topological polar surface area (TPSA) is 15.3 Å². The van der Waals surface area contributed by atoms with Gasteiger partial charge in [0.2, 0.25) is 0 Å². The number of nitrogens with one attached hydrogen (secondary N) is 1.